The van der Waals surface area contributed by atoms with Gasteiger partial charge < -0.3 is 16.2 Å². The van der Waals surface area contributed by atoms with E-state index in [1.165, 1.54) is 11.1 Å². The molecule has 1 aliphatic carbocycles. The molecule has 5 heteroatoms. The second kappa shape index (κ2) is 5.52. The van der Waals surface area contributed by atoms with Crippen molar-refractivity contribution in [2.45, 2.75) is 46.1 Å². The summed E-state index contributed by atoms with van der Waals surface area (Å²) in [4.78, 5) is 23.2. The molecule has 1 unspecified atom stereocenters. The van der Waals surface area contributed by atoms with Gasteiger partial charge in [-0.3, -0.25) is 9.59 Å². The zero-order valence-electron chi connectivity index (χ0n) is 11.2. The number of allylic oxidation sites excluding steroid dienone is 2. The van der Waals surface area contributed by atoms with Crippen LogP contribution in [0.3, 0.4) is 0 Å². The van der Waals surface area contributed by atoms with E-state index in [1.807, 2.05) is 13.8 Å². The molecule has 0 aromatic heterocycles. The summed E-state index contributed by atoms with van der Waals surface area (Å²) in [5, 5.41) is 11.5. The largest absolute Gasteiger partial charge is 0.394 e. The molecule has 2 atom stereocenters. The van der Waals surface area contributed by atoms with Crippen LogP contribution in [0.5, 0.6) is 0 Å². The van der Waals surface area contributed by atoms with Crippen molar-refractivity contribution in [3.8, 4) is 0 Å². The fraction of sp³-hybridized carbons (Fsp3) is 0.692. The van der Waals surface area contributed by atoms with Gasteiger partial charge in [-0.1, -0.05) is 18.1 Å². The van der Waals surface area contributed by atoms with Gasteiger partial charge in [0.1, 0.15) is 6.04 Å². The summed E-state index contributed by atoms with van der Waals surface area (Å²) < 4.78 is 0. The minimum Gasteiger partial charge on any atom is -0.394 e. The van der Waals surface area contributed by atoms with Gasteiger partial charge in [0.2, 0.25) is 11.8 Å². The van der Waals surface area contributed by atoms with Gasteiger partial charge in [-0.25, -0.2) is 0 Å². The molecule has 2 amide bonds. The van der Waals surface area contributed by atoms with Crippen LogP contribution in [-0.4, -0.2) is 29.6 Å². The molecule has 4 N–H and O–H groups in total. The maximum absolute atomic E-state index is 12.2. The van der Waals surface area contributed by atoms with E-state index in [0.29, 0.717) is 6.42 Å². The highest BCUT2D eigenvalue weighted by molar-refractivity contribution is 5.89. The maximum Gasteiger partial charge on any atom is 0.242 e. The molecular weight excluding hydrogens is 232 g/mol. The number of primary amides is 1. The first-order chi connectivity index (χ1) is 8.30. The third kappa shape index (κ3) is 3.10. The van der Waals surface area contributed by atoms with Gasteiger partial charge in [0.15, 0.2) is 0 Å². The Labute approximate surface area is 107 Å². The zero-order valence-corrected chi connectivity index (χ0v) is 11.2. The molecule has 0 saturated heterocycles. The van der Waals surface area contributed by atoms with E-state index in [-0.39, 0.29) is 5.91 Å². The standard InChI is InChI=1S/C13H22N2O3/c1-8-4-5-13(3,6-9(8)2)12(18)15-10(7-16)11(14)17/h10,16H,4-7H2,1-3H3,(H2,14,17)(H,15,18)/t10-,13?/m0/s1. The highest BCUT2D eigenvalue weighted by atomic mass is 16.3. The molecule has 5 nitrogen and oxygen atoms in total. The van der Waals surface area contributed by atoms with Crippen molar-refractivity contribution in [3.05, 3.63) is 11.1 Å². The average Bonchev–Trinajstić information content (AvgIpc) is 2.30. The van der Waals surface area contributed by atoms with Crippen LogP contribution >= 0.6 is 0 Å². The first-order valence-corrected chi connectivity index (χ1v) is 6.16. The van der Waals surface area contributed by atoms with Crippen molar-refractivity contribution in [3.63, 3.8) is 0 Å². The number of rotatable bonds is 4. The normalized spacial score (nSPS) is 25.8. The van der Waals surface area contributed by atoms with Crippen LogP contribution in [0.1, 0.15) is 40.0 Å². The molecule has 0 aromatic carbocycles. The Morgan fingerprint density at radius 2 is 2.06 bits per heavy atom. The number of nitrogens with one attached hydrogen (secondary N) is 1. The quantitative estimate of drug-likeness (QED) is 0.637. The predicted octanol–water partition coefficient (Wildman–Crippen LogP) is 0.475. The number of carbonyl (C=O) groups is 2. The van der Waals surface area contributed by atoms with Crippen LogP contribution in [0, 0.1) is 5.41 Å². The van der Waals surface area contributed by atoms with Crippen LogP contribution in [0.4, 0.5) is 0 Å². The van der Waals surface area contributed by atoms with Crippen LogP contribution < -0.4 is 11.1 Å². The minimum atomic E-state index is -0.998. The minimum absolute atomic E-state index is 0.216. The predicted molar refractivity (Wildman–Crippen MR) is 68.5 cm³/mol. The van der Waals surface area contributed by atoms with Crippen molar-refractivity contribution >= 4 is 11.8 Å². The smallest absolute Gasteiger partial charge is 0.242 e. The van der Waals surface area contributed by atoms with E-state index in [2.05, 4.69) is 12.2 Å². The third-order valence-corrected chi connectivity index (χ3v) is 3.82. The van der Waals surface area contributed by atoms with Gasteiger partial charge >= 0.3 is 0 Å². The Kier molecular flexibility index (Phi) is 4.51. The van der Waals surface area contributed by atoms with Crippen molar-refractivity contribution in [1.82, 2.24) is 5.32 Å². The number of carbonyl (C=O) groups excluding carboxylic acids is 2. The van der Waals surface area contributed by atoms with E-state index in [0.717, 1.165) is 12.8 Å². The summed E-state index contributed by atoms with van der Waals surface area (Å²) in [5.41, 5.74) is 7.12. The van der Waals surface area contributed by atoms with Crippen LogP contribution in [0.25, 0.3) is 0 Å². The molecule has 0 saturated carbocycles. The fourth-order valence-electron chi connectivity index (χ4n) is 2.23. The number of amides is 2. The molecule has 0 fully saturated rings. The lowest BCUT2D eigenvalue weighted by Gasteiger charge is -2.34. The van der Waals surface area contributed by atoms with E-state index < -0.39 is 24.0 Å². The number of nitrogens with two attached hydrogens (primary N) is 1. The molecular formula is C13H22N2O3. The van der Waals surface area contributed by atoms with E-state index >= 15 is 0 Å². The molecule has 18 heavy (non-hydrogen) atoms. The third-order valence-electron chi connectivity index (χ3n) is 3.82. The highest BCUT2D eigenvalue weighted by Gasteiger charge is 2.37. The summed E-state index contributed by atoms with van der Waals surface area (Å²) >= 11 is 0. The highest BCUT2D eigenvalue weighted by Crippen LogP contribution is 2.39. The molecule has 0 aromatic rings. The number of aliphatic hydroxyl groups excluding tert-OH is 1. The summed E-state index contributed by atoms with van der Waals surface area (Å²) in [5.74, 6) is -0.930. The van der Waals surface area contributed by atoms with Crippen molar-refractivity contribution in [2.75, 3.05) is 6.61 Å². The topological polar surface area (TPSA) is 92.4 Å². The number of hydrogen-bond donors (Lipinski definition) is 3. The monoisotopic (exact) mass is 254 g/mol. The number of hydrogen-bond acceptors (Lipinski definition) is 3. The Bertz CT molecular complexity index is 390. The molecule has 0 heterocycles. The van der Waals surface area contributed by atoms with E-state index in [4.69, 9.17) is 10.8 Å². The first-order valence-electron chi connectivity index (χ1n) is 6.16. The Morgan fingerprint density at radius 3 is 2.50 bits per heavy atom. The van der Waals surface area contributed by atoms with Gasteiger partial charge in [-0.15, -0.1) is 0 Å². The van der Waals surface area contributed by atoms with E-state index in [1.54, 1.807) is 0 Å². The summed E-state index contributed by atoms with van der Waals surface area (Å²) in [6, 6.07) is -0.998. The fourth-order valence-corrected chi connectivity index (χ4v) is 2.23. The Hall–Kier alpha value is -1.36. The maximum atomic E-state index is 12.2. The molecule has 0 radical (unpaired) electrons. The van der Waals surface area contributed by atoms with Gasteiger partial charge in [-0.05, 0) is 33.1 Å². The molecule has 1 rings (SSSR count). The molecule has 0 bridgehead atoms. The van der Waals surface area contributed by atoms with E-state index in [9.17, 15) is 9.59 Å². The Balaban J connectivity index is 2.75. The van der Waals surface area contributed by atoms with Gasteiger partial charge in [-0.2, -0.15) is 0 Å². The summed E-state index contributed by atoms with van der Waals surface area (Å²) in [6.07, 6.45) is 2.32. The van der Waals surface area contributed by atoms with Crippen LogP contribution in [0.2, 0.25) is 0 Å². The van der Waals surface area contributed by atoms with Gasteiger partial charge in [0.05, 0.1) is 12.0 Å². The van der Waals surface area contributed by atoms with Gasteiger partial charge in [0, 0.05) is 0 Å². The molecule has 0 aliphatic heterocycles. The Morgan fingerprint density at radius 1 is 1.44 bits per heavy atom. The summed E-state index contributed by atoms with van der Waals surface area (Å²) in [7, 11) is 0. The lowest BCUT2D eigenvalue weighted by atomic mass is 9.73. The molecule has 102 valence electrons. The second-order valence-corrected chi connectivity index (χ2v) is 5.41. The average molecular weight is 254 g/mol. The van der Waals surface area contributed by atoms with Crippen molar-refractivity contribution in [2.24, 2.45) is 11.1 Å². The number of aliphatic hydroxyl groups is 1. The lowest BCUT2D eigenvalue weighted by Crippen LogP contribution is -2.51. The lowest BCUT2D eigenvalue weighted by molar-refractivity contribution is -0.135. The van der Waals surface area contributed by atoms with Crippen LogP contribution in [-0.2, 0) is 9.59 Å². The van der Waals surface area contributed by atoms with Gasteiger partial charge in [0.25, 0.3) is 0 Å². The van der Waals surface area contributed by atoms with Crippen molar-refractivity contribution in [1.29, 1.82) is 0 Å². The first kappa shape index (κ1) is 14.7. The zero-order chi connectivity index (χ0) is 13.9. The molecule has 0 spiro atoms. The second-order valence-electron chi connectivity index (χ2n) is 5.41. The summed E-state index contributed by atoms with van der Waals surface area (Å²) in [6.45, 7) is 5.52. The van der Waals surface area contributed by atoms with Crippen LogP contribution in [0.15, 0.2) is 11.1 Å². The SMILES string of the molecule is CC1=C(C)CC(C)(C(=O)N[C@@H](CO)C(N)=O)CC1. The molecule has 1 aliphatic rings. The van der Waals surface area contributed by atoms with Crippen molar-refractivity contribution < 1.29 is 14.7 Å².